The maximum atomic E-state index is 14.0. The Kier molecular flexibility index (Phi) is 12.7. The largest absolute Gasteiger partial charge is 0.497 e. The van der Waals surface area contributed by atoms with E-state index in [0.717, 1.165) is 34.6 Å². The second-order valence-corrected chi connectivity index (χ2v) is 13.7. The van der Waals surface area contributed by atoms with E-state index in [2.05, 4.69) is 10.0 Å². The smallest absolute Gasteiger partial charge is 0.261 e. The molecule has 0 radical (unpaired) electrons. The van der Waals surface area contributed by atoms with Crippen molar-refractivity contribution < 1.29 is 31.9 Å². The van der Waals surface area contributed by atoms with Crippen molar-refractivity contribution in [1.82, 2.24) is 10.2 Å². The summed E-state index contributed by atoms with van der Waals surface area (Å²) in [6, 6.07) is 33.7. The van der Waals surface area contributed by atoms with Crippen molar-refractivity contribution >= 4 is 39.1 Å². The summed E-state index contributed by atoms with van der Waals surface area (Å²) in [6.45, 7) is 0.0358. The average molecular weight is 730 g/mol. The highest BCUT2D eigenvalue weighted by atomic mass is 35.5. The molecule has 0 aliphatic rings. The lowest BCUT2D eigenvalue weighted by atomic mass is 10.0. The van der Waals surface area contributed by atoms with Crippen LogP contribution in [0.3, 0.4) is 0 Å². The molecule has 12 heteroatoms. The summed E-state index contributed by atoms with van der Waals surface area (Å²) < 4.78 is 52.4. The summed E-state index contributed by atoms with van der Waals surface area (Å²) in [4.78, 5) is 29.3. The van der Waals surface area contributed by atoms with E-state index in [0.29, 0.717) is 18.0 Å². The van der Waals surface area contributed by atoms with E-state index >= 15 is 0 Å². The summed E-state index contributed by atoms with van der Waals surface area (Å²) in [5, 5.41) is 3.55. The topological polar surface area (TPSA) is 114 Å². The van der Waals surface area contributed by atoms with Gasteiger partial charge in [0.1, 0.15) is 23.4 Å². The molecule has 1 atom stereocenters. The van der Waals surface area contributed by atoms with E-state index in [1.54, 1.807) is 31.4 Å². The normalized spacial score (nSPS) is 11.7. The van der Waals surface area contributed by atoms with Crippen molar-refractivity contribution in [2.75, 3.05) is 25.0 Å². The highest BCUT2D eigenvalue weighted by Gasteiger charge is 2.30. The number of amides is 2. The van der Waals surface area contributed by atoms with E-state index < -0.39 is 34.4 Å². The SMILES string of the molecule is COc1ccc(CCNC(=O)C(Cc2ccccc2)N(Cc2ccc(Cl)cc2)C(=O)COc2ccc(S(=O)(=O)Nc3ccc(F)cc3)cc2)cc1. The number of carbonyl (C=O) groups is 2. The van der Waals surface area contributed by atoms with Crippen LogP contribution in [0.2, 0.25) is 5.02 Å². The Balaban J connectivity index is 1.32. The summed E-state index contributed by atoms with van der Waals surface area (Å²) in [7, 11) is -2.37. The van der Waals surface area contributed by atoms with Crippen LogP contribution in [0, 0.1) is 5.82 Å². The van der Waals surface area contributed by atoms with Gasteiger partial charge in [0, 0.05) is 30.2 Å². The van der Waals surface area contributed by atoms with Gasteiger partial charge in [0.25, 0.3) is 15.9 Å². The van der Waals surface area contributed by atoms with Crippen molar-refractivity contribution in [3.63, 3.8) is 0 Å². The van der Waals surface area contributed by atoms with Crippen LogP contribution in [0.5, 0.6) is 11.5 Å². The third-order valence-electron chi connectivity index (χ3n) is 8.00. The molecule has 5 aromatic rings. The Labute approximate surface area is 302 Å². The van der Waals surface area contributed by atoms with Gasteiger partial charge in [0.2, 0.25) is 5.91 Å². The van der Waals surface area contributed by atoms with Crippen molar-refractivity contribution in [2.45, 2.75) is 30.3 Å². The molecule has 0 heterocycles. The summed E-state index contributed by atoms with van der Waals surface area (Å²) >= 11 is 6.13. The van der Waals surface area contributed by atoms with Gasteiger partial charge in [-0.15, -0.1) is 0 Å². The summed E-state index contributed by atoms with van der Waals surface area (Å²) in [6.07, 6.45) is 0.829. The Hall–Kier alpha value is -5.39. The number of carbonyl (C=O) groups excluding carboxylic acids is 2. The van der Waals surface area contributed by atoms with Crippen molar-refractivity contribution in [2.24, 2.45) is 0 Å². The average Bonchev–Trinajstić information content (AvgIpc) is 3.14. The first-order valence-electron chi connectivity index (χ1n) is 16.1. The number of hydrogen-bond acceptors (Lipinski definition) is 6. The Bertz CT molecular complexity index is 2000. The highest BCUT2D eigenvalue weighted by molar-refractivity contribution is 7.92. The molecule has 5 aromatic carbocycles. The molecule has 5 rings (SSSR count). The third kappa shape index (κ3) is 10.8. The van der Waals surface area contributed by atoms with Crippen LogP contribution in [-0.2, 0) is 39.0 Å². The maximum Gasteiger partial charge on any atom is 0.261 e. The second kappa shape index (κ2) is 17.5. The molecule has 0 aliphatic heterocycles. The second-order valence-electron chi connectivity index (χ2n) is 11.6. The molecular formula is C39H37ClFN3O6S. The molecule has 51 heavy (non-hydrogen) atoms. The molecule has 0 spiro atoms. The molecule has 2 N–H and O–H groups in total. The number of methoxy groups -OCH3 is 1. The molecule has 9 nitrogen and oxygen atoms in total. The zero-order valence-electron chi connectivity index (χ0n) is 27.8. The number of nitrogens with one attached hydrogen (secondary N) is 2. The standard InChI is InChI=1S/C39H37ClFN3O6S/c1-49-34-17-9-28(10-18-34)23-24-42-39(46)37(25-29-5-3-2-4-6-29)44(26-30-7-11-31(40)12-8-30)38(45)27-50-35-19-21-36(22-20-35)51(47,48)43-33-15-13-32(41)14-16-33/h2-22,37,43H,23-27H2,1H3,(H,42,46). The highest BCUT2D eigenvalue weighted by Crippen LogP contribution is 2.21. The Morgan fingerprint density at radius 3 is 2.06 bits per heavy atom. The molecule has 2 amide bonds. The number of rotatable bonds is 16. The number of benzene rings is 5. The number of halogens is 2. The van der Waals surface area contributed by atoms with Gasteiger partial charge < -0.3 is 19.7 Å². The van der Waals surface area contributed by atoms with Gasteiger partial charge in [-0.2, -0.15) is 0 Å². The predicted octanol–water partition coefficient (Wildman–Crippen LogP) is 6.67. The first-order chi connectivity index (χ1) is 24.6. The van der Waals surface area contributed by atoms with Crippen LogP contribution in [0.4, 0.5) is 10.1 Å². The van der Waals surface area contributed by atoms with Crippen molar-refractivity contribution in [3.8, 4) is 11.5 Å². The van der Waals surface area contributed by atoms with E-state index in [9.17, 15) is 22.4 Å². The molecule has 264 valence electrons. The number of sulfonamides is 1. The quantitative estimate of drug-likeness (QED) is 0.117. The summed E-state index contributed by atoms with van der Waals surface area (Å²) in [5.41, 5.74) is 2.86. The van der Waals surface area contributed by atoms with E-state index in [1.807, 2.05) is 54.6 Å². The fourth-order valence-corrected chi connectivity index (χ4v) is 6.44. The minimum absolute atomic E-state index is 0.0518. The minimum Gasteiger partial charge on any atom is -0.497 e. The van der Waals surface area contributed by atoms with E-state index in [-0.39, 0.29) is 35.2 Å². The zero-order valence-corrected chi connectivity index (χ0v) is 29.4. The molecule has 0 saturated heterocycles. The van der Waals surface area contributed by atoms with E-state index in [1.165, 1.54) is 41.3 Å². The molecule has 0 aliphatic carbocycles. The van der Waals surface area contributed by atoms with Crippen LogP contribution >= 0.6 is 11.6 Å². The number of anilines is 1. The molecular weight excluding hydrogens is 693 g/mol. The lowest BCUT2D eigenvalue weighted by Crippen LogP contribution is -2.52. The Morgan fingerprint density at radius 1 is 0.784 bits per heavy atom. The predicted molar refractivity (Wildman–Crippen MR) is 195 cm³/mol. The molecule has 0 fully saturated rings. The zero-order chi connectivity index (χ0) is 36.2. The molecule has 0 saturated carbocycles. The first-order valence-corrected chi connectivity index (χ1v) is 18.0. The van der Waals surface area contributed by atoms with Gasteiger partial charge in [-0.3, -0.25) is 14.3 Å². The van der Waals surface area contributed by atoms with Crippen molar-refractivity contribution in [3.05, 3.63) is 155 Å². The van der Waals surface area contributed by atoms with Gasteiger partial charge in [-0.05, 0) is 95.9 Å². The Morgan fingerprint density at radius 2 is 1.41 bits per heavy atom. The fraction of sp³-hybridized carbons (Fsp3) is 0.179. The molecule has 0 bridgehead atoms. The van der Waals surface area contributed by atoms with E-state index in [4.69, 9.17) is 21.1 Å². The number of hydrogen-bond donors (Lipinski definition) is 2. The van der Waals surface area contributed by atoms with Crippen LogP contribution in [-0.4, -0.2) is 51.4 Å². The van der Waals surface area contributed by atoms with Crippen LogP contribution in [0.1, 0.15) is 16.7 Å². The molecule has 0 aromatic heterocycles. The third-order valence-corrected chi connectivity index (χ3v) is 9.65. The van der Waals surface area contributed by atoms with Gasteiger partial charge >= 0.3 is 0 Å². The lowest BCUT2D eigenvalue weighted by molar-refractivity contribution is -0.142. The van der Waals surface area contributed by atoms with Crippen LogP contribution < -0.4 is 19.5 Å². The summed E-state index contributed by atoms with van der Waals surface area (Å²) in [5.74, 6) is -0.274. The van der Waals surface area contributed by atoms with Crippen LogP contribution in [0.15, 0.2) is 132 Å². The van der Waals surface area contributed by atoms with Gasteiger partial charge in [-0.1, -0.05) is 66.2 Å². The van der Waals surface area contributed by atoms with Gasteiger partial charge in [0.05, 0.1) is 12.0 Å². The van der Waals surface area contributed by atoms with Gasteiger partial charge in [-0.25, -0.2) is 12.8 Å². The number of ether oxygens (including phenoxy) is 2. The molecule has 1 unspecified atom stereocenters. The van der Waals surface area contributed by atoms with Crippen LogP contribution in [0.25, 0.3) is 0 Å². The maximum absolute atomic E-state index is 14.0. The monoisotopic (exact) mass is 729 g/mol. The lowest BCUT2D eigenvalue weighted by Gasteiger charge is -2.31. The van der Waals surface area contributed by atoms with Gasteiger partial charge in [0.15, 0.2) is 6.61 Å². The number of nitrogens with zero attached hydrogens (tertiary/aromatic N) is 1. The van der Waals surface area contributed by atoms with Crippen molar-refractivity contribution in [1.29, 1.82) is 0 Å². The first kappa shape index (κ1) is 36.9. The minimum atomic E-state index is -3.97. The fourth-order valence-electron chi connectivity index (χ4n) is 5.26.